The first-order valence-electron chi connectivity index (χ1n) is 9.34. The van der Waals surface area contributed by atoms with Crippen molar-refractivity contribution in [1.82, 2.24) is 25.0 Å². The van der Waals surface area contributed by atoms with Gasteiger partial charge in [0, 0.05) is 12.6 Å². The summed E-state index contributed by atoms with van der Waals surface area (Å²) >= 11 is 2.71. The van der Waals surface area contributed by atoms with Crippen molar-refractivity contribution in [3.63, 3.8) is 0 Å². The summed E-state index contributed by atoms with van der Waals surface area (Å²) in [6.07, 6.45) is 0.800. The molecular formula is C19H24N6O2S2. The number of hydrogen-bond donors (Lipinski definition) is 1. The molecule has 1 N–H and O–H groups in total. The van der Waals surface area contributed by atoms with Gasteiger partial charge < -0.3 is 9.30 Å². The Bertz CT molecular complexity index is 952. The lowest BCUT2D eigenvalue weighted by Gasteiger charge is -2.09. The van der Waals surface area contributed by atoms with Crippen LogP contribution in [0.1, 0.15) is 25.8 Å². The van der Waals surface area contributed by atoms with Gasteiger partial charge in [-0.1, -0.05) is 43.9 Å². The summed E-state index contributed by atoms with van der Waals surface area (Å²) in [4.78, 5) is 12.2. The van der Waals surface area contributed by atoms with Gasteiger partial charge in [0.05, 0.1) is 12.4 Å². The van der Waals surface area contributed by atoms with E-state index in [2.05, 4.69) is 39.6 Å². The molecule has 0 unspecified atom stereocenters. The SMILES string of the molecule is CCc1nnc(NC(=O)CSc2nnc(-c3ccc(OCC(C)C)cc3)n2C)s1. The molecule has 0 aliphatic carbocycles. The molecule has 10 heteroatoms. The summed E-state index contributed by atoms with van der Waals surface area (Å²) in [6.45, 7) is 6.91. The van der Waals surface area contributed by atoms with Crippen LogP contribution in [-0.2, 0) is 18.3 Å². The maximum absolute atomic E-state index is 12.2. The van der Waals surface area contributed by atoms with Crippen LogP contribution in [0.3, 0.4) is 0 Å². The highest BCUT2D eigenvalue weighted by Gasteiger charge is 2.14. The highest BCUT2D eigenvalue weighted by atomic mass is 32.2. The smallest absolute Gasteiger partial charge is 0.236 e. The lowest BCUT2D eigenvalue weighted by Crippen LogP contribution is -2.14. The molecule has 0 saturated carbocycles. The zero-order chi connectivity index (χ0) is 20.8. The third-order valence-electron chi connectivity index (χ3n) is 3.88. The Morgan fingerprint density at radius 3 is 2.62 bits per heavy atom. The highest BCUT2D eigenvalue weighted by Crippen LogP contribution is 2.25. The van der Waals surface area contributed by atoms with Crippen molar-refractivity contribution >= 4 is 34.1 Å². The van der Waals surface area contributed by atoms with E-state index in [1.54, 1.807) is 0 Å². The second kappa shape index (κ2) is 9.84. The van der Waals surface area contributed by atoms with E-state index in [4.69, 9.17) is 4.74 Å². The normalized spacial score (nSPS) is 11.1. The standard InChI is InChI=1S/C19H24N6O2S2/c1-5-16-21-23-18(29-16)20-15(26)11-28-19-24-22-17(25(19)4)13-6-8-14(9-7-13)27-10-12(2)3/h6-9,12H,5,10-11H2,1-4H3,(H,20,23,26). The predicted octanol–water partition coefficient (Wildman–Crippen LogP) is 3.66. The maximum Gasteiger partial charge on any atom is 0.236 e. The number of carbonyl (C=O) groups excluding carboxylic acids is 1. The first-order chi connectivity index (χ1) is 14.0. The van der Waals surface area contributed by atoms with Crippen molar-refractivity contribution in [2.24, 2.45) is 13.0 Å². The number of nitrogens with one attached hydrogen (secondary N) is 1. The number of ether oxygens (including phenoxy) is 1. The van der Waals surface area contributed by atoms with Gasteiger partial charge in [-0.2, -0.15) is 0 Å². The Morgan fingerprint density at radius 2 is 1.97 bits per heavy atom. The third kappa shape index (κ3) is 5.77. The van der Waals surface area contributed by atoms with E-state index in [9.17, 15) is 4.79 Å². The average Bonchev–Trinajstić information content (AvgIpc) is 3.31. The lowest BCUT2D eigenvalue weighted by molar-refractivity contribution is -0.113. The van der Waals surface area contributed by atoms with Crippen LogP contribution in [0, 0.1) is 5.92 Å². The lowest BCUT2D eigenvalue weighted by atomic mass is 10.2. The average molecular weight is 433 g/mol. The summed E-state index contributed by atoms with van der Waals surface area (Å²) in [5.74, 6) is 2.12. The van der Waals surface area contributed by atoms with E-state index in [-0.39, 0.29) is 11.7 Å². The predicted molar refractivity (Wildman–Crippen MR) is 115 cm³/mol. The molecule has 2 aromatic heterocycles. The van der Waals surface area contributed by atoms with E-state index in [0.717, 1.165) is 28.6 Å². The second-order valence-electron chi connectivity index (χ2n) is 6.79. The fourth-order valence-corrected chi connectivity index (χ4v) is 3.79. The zero-order valence-corrected chi connectivity index (χ0v) is 18.5. The van der Waals surface area contributed by atoms with Crippen LogP contribution in [0.25, 0.3) is 11.4 Å². The van der Waals surface area contributed by atoms with Crippen molar-refractivity contribution in [2.75, 3.05) is 17.7 Å². The number of aryl methyl sites for hydroxylation is 1. The molecule has 2 heterocycles. The number of rotatable bonds is 9. The minimum absolute atomic E-state index is 0.148. The van der Waals surface area contributed by atoms with Crippen LogP contribution in [0.5, 0.6) is 5.75 Å². The van der Waals surface area contributed by atoms with Crippen LogP contribution in [-0.4, -0.2) is 43.2 Å². The van der Waals surface area contributed by atoms with Crippen LogP contribution in [0.4, 0.5) is 5.13 Å². The van der Waals surface area contributed by atoms with Crippen molar-refractivity contribution in [3.8, 4) is 17.1 Å². The van der Waals surface area contributed by atoms with Gasteiger partial charge in [-0.15, -0.1) is 20.4 Å². The number of aromatic nitrogens is 5. The Morgan fingerprint density at radius 1 is 1.21 bits per heavy atom. The minimum atomic E-state index is -0.148. The van der Waals surface area contributed by atoms with E-state index in [1.165, 1.54) is 23.1 Å². The largest absolute Gasteiger partial charge is 0.493 e. The summed E-state index contributed by atoms with van der Waals surface area (Å²) in [5, 5.41) is 21.3. The van der Waals surface area contributed by atoms with E-state index >= 15 is 0 Å². The molecule has 0 radical (unpaired) electrons. The van der Waals surface area contributed by atoms with Crippen molar-refractivity contribution in [2.45, 2.75) is 32.3 Å². The van der Waals surface area contributed by atoms with Gasteiger partial charge in [0.2, 0.25) is 11.0 Å². The Balaban J connectivity index is 1.58. The van der Waals surface area contributed by atoms with Crippen molar-refractivity contribution in [3.05, 3.63) is 29.3 Å². The van der Waals surface area contributed by atoms with Gasteiger partial charge in [-0.25, -0.2) is 0 Å². The first kappa shape index (κ1) is 21.3. The van der Waals surface area contributed by atoms with Crippen molar-refractivity contribution in [1.29, 1.82) is 0 Å². The fraction of sp³-hybridized carbons (Fsp3) is 0.421. The molecule has 0 bridgehead atoms. The van der Waals surface area contributed by atoms with Crippen LogP contribution in [0.2, 0.25) is 0 Å². The minimum Gasteiger partial charge on any atom is -0.493 e. The summed E-state index contributed by atoms with van der Waals surface area (Å²) < 4.78 is 7.59. The van der Waals surface area contributed by atoms with Crippen LogP contribution in [0.15, 0.2) is 29.4 Å². The molecule has 0 aliphatic rings. The summed E-state index contributed by atoms with van der Waals surface area (Å²) in [5.41, 5.74) is 0.939. The summed E-state index contributed by atoms with van der Waals surface area (Å²) in [7, 11) is 1.89. The third-order valence-corrected chi connectivity index (χ3v) is 5.88. The second-order valence-corrected chi connectivity index (χ2v) is 8.79. The molecule has 154 valence electrons. The molecule has 3 aromatic rings. The quantitative estimate of drug-likeness (QED) is 0.516. The number of carbonyl (C=O) groups is 1. The molecule has 0 saturated heterocycles. The van der Waals surface area contributed by atoms with Gasteiger partial charge in [0.15, 0.2) is 11.0 Å². The molecular weight excluding hydrogens is 408 g/mol. The summed E-state index contributed by atoms with van der Waals surface area (Å²) in [6, 6.07) is 7.78. The molecule has 0 aliphatic heterocycles. The van der Waals surface area contributed by atoms with Crippen LogP contribution >= 0.6 is 23.1 Å². The number of nitrogens with zero attached hydrogens (tertiary/aromatic N) is 5. The maximum atomic E-state index is 12.2. The van der Waals surface area contributed by atoms with Gasteiger partial charge in [-0.3, -0.25) is 10.1 Å². The Labute approximate surface area is 178 Å². The number of thioether (sulfide) groups is 1. The fourth-order valence-electron chi connectivity index (χ4n) is 2.39. The first-order valence-corrected chi connectivity index (χ1v) is 11.1. The molecule has 29 heavy (non-hydrogen) atoms. The molecule has 0 fully saturated rings. The highest BCUT2D eigenvalue weighted by molar-refractivity contribution is 7.99. The molecule has 1 aromatic carbocycles. The van der Waals surface area contributed by atoms with E-state index in [0.29, 0.717) is 22.8 Å². The molecule has 0 spiro atoms. The van der Waals surface area contributed by atoms with Crippen LogP contribution < -0.4 is 10.1 Å². The van der Waals surface area contributed by atoms with Crippen molar-refractivity contribution < 1.29 is 9.53 Å². The Kier molecular flexibility index (Phi) is 7.21. The van der Waals surface area contributed by atoms with Gasteiger partial charge in [0.25, 0.3) is 0 Å². The van der Waals surface area contributed by atoms with Gasteiger partial charge >= 0.3 is 0 Å². The van der Waals surface area contributed by atoms with E-state index < -0.39 is 0 Å². The van der Waals surface area contributed by atoms with E-state index in [1.807, 2.05) is 42.8 Å². The number of benzene rings is 1. The number of hydrogen-bond acceptors (Lipinski definition) is 8. The van der Waals surface area contributed by atoms with Gasteiger partial charge in [0.1, 0.15) is 10.8 Å². The molecule has 8 nitrogen and oxygen atoms in total. The topological polar surface area (TPSA) is 94.8 Å². The zero-order valence-electron chi connectivity index (χ0n) is 16.9. The Hall–Kier alpha value is -2.46. The molecule has 1 amide bonds. The number of amides is 1. The van der Waals surface area contributed by atoms with Gasteiger partial charge in [-0.05, 0) is 36.6 Å². The monoisotopic (exact) mass is 432 g/mol. The molecule has 3 rings (SSSR count). The molecule has 0 atom stereocenters. The number of anilines is 1.